The van der Waals surface area contributed by atoms with E-state index in [0.717, 1.165) is 0 Å². The van der Waals surface area contributed by atoms with E-state index in [-0.39, 0.29) is 36.3 Å². The third-order valence-corrected chi connectivity index (χ3v) is 3.40. The van der Waals surface area contributed by atoms with Gasteiger partial charge in [0.1, 0.15) is 5.69 Å². The Kier molecular flexibility index (Phi) is 5.10. The molecule has 21 heavy (non-hydrogen) atoms. The number of hydrogen-bond acceptors (Lipinski definition) is 4. The number of hydrogen-bond donors (Lipinski definition) is 2. The SMILES string of the molecule is O=C(O)CCOC1CCN(C(=O)c2cccc(=O)[nH]2)CC1. The lowest BCUT2D eigenvalue weighted by molar-refractivity contribution is -0.138. The minimum absolute atomic E-state index is 0.00953. The maximum absolute atomic E-state index is 12.2. The van der Waals surface area contributed by atoms with Crippen LogP contribution in [0.1, 0.15) is 29.8 Å². The van der Waals surface area contributed by atoms with Crippen LogP contribution in [0.5, 0.6) is 0 Å². The Labute approximate surface area is 121 Å². The van der Waals surface area contributed by atoms with Gasteiger partial charge in [0.15, 0.2) is 0 Å². The number of rotatable bonds is 5. The number of carboxylic acids is 1. The summed E-state index contributed by atoms with van der Waals surface area (Å²) in [5, 5.41) is 8.54. The van der Waals surface area contributed by atoms with E-state index >= 15 is 0 Å². The average Bonchev–Trinajstić information content (AvgIpc) is 2.47. The van der Waals surface area contributed by atoms with Crippen molar-refractivity contribution in [3.63, 3.8) is 0 Å². The monoisotopic (exact) mass is 294 g/mol. The van der Waals surface area contributed by atoms with Crippen molar-refractivity contribution in [2.75, 3.05) is 19.7 Å². The Balaban J connectivity index is 1.82. The first-order valence-corrected chi connectivity index (χ1v) is 6.88. The van der Waals surface area contributed by atoms with Crippen molar-refractivity contribution in [1.82, 2.24) is 9.88 Å². The molecule has 7 heteroatoms. The van der Waals surface area contributed by atoms with Gasteiger partial charge in [-0.25, -0.2) is 0 Å². The molecule has 0 atom stereocenters. The number of pyridine rings is 1. The van der Waals surface area contributed by atoms with Gasteiger partial charge in [0, 0.05) is 19.2 Å². The highest BCUT2D eigenvalue weighted by Gasteiger charge is 2.24. The lowest BCUT2D eigenvalue weighted by Crippen LogP contribution is -2.41. The summed E-state index contributed by atoms with van der Waals surface area (Å²) in [6.07, 6.45) is 1.32. The average molecular weight is 294 g/mol. The van der Waals surface area contributed by atoms with E-state index in [9.17, 15) is 14.4 Å². The molecule has 1 aliphatic heterocycles. The molecule has 2 N–H and O–H groups in total. The number of aliphatic carboxylic acids is 1. The van der Waals surface area contributed by atoms with Crippen LogP contribution in [0.25, 0.3) is 0 Å². The van der Waals surface area contributed by atoms with Gasteiger partial charge < -0.3 is 19.7 Å². The number of carbonyl (C=O) groups is 2. The van der Waals surface area contributed by atoms with Gasteiger partial charge in [-0.1, -0.05) is 6.07 Å². The summed E-state index contributed by atoms with van der Waals surface area (Å²) < 4.78 is 5.47. The van der Waals surface area contributed by atoms with E-state index in [1.165, 1.54) is 6.07 Å². The number of ether oxygens (including phenoxy) is 1. The van der Waals surface area contributed by atoms with Crippen LogP contribution in [-0.4, -0.2) is 52.7 Å². The number of aromatic amines is 1. The van der Waals surface area contributed by atoms with Gasteiger partial charge >= 0.3 is 5.97 Å². The zero-order valence-electron chi connectivity index (χ0n) is 11.6. The second-order valence-corrected chi connectivity index (χ2v) is 4.93. The molecule has 1 amide bonds. The van der Waals surface area contributed by atoms with Crippen molar-refractivity contribution in [2.45, 2.75) is 25.4 Å². The molecule has 0 aliphatic carbocycles. The summed E-state index contributed by atoms with van der Waals surface area (Å²) in [4.78, 5) is 38.0. The number of amides is 1. The van der Waals surface area contributed by atoms with Crippen LogP contribution in [-0.2, 0) is 9.53 Å². The van der Waals surface area contributed by atoms with E-state index in [2.05, 4.69) is 4.98 Å². The Hall–Kier alpha value is -2.15. The fourth-order valence-corrected chi connectivity index (χ4v) is 2.28. The zero-order valence-corrected chi connectivity index (χ0v) is 11.6. The molecule has 0 aromatic carbocycles. The van der Waals surface area contributed by atoms with Gasteiger partial charge in [-0.05, 0) is 18.9 Å². The summed E-state index contributed by atoms with van der Waals surface area (Å²) >= 11 is 0. The van der Waals surface area contributed by atoms with E-state index in [1.807, 2.05) is 0 Å². The minimum Gasteiger partial charge on any atom is -0.481 e. The number of H-pyrrole nitrogens is 1. The van der Waals surface area contributed by atoms with Crippen molar-refractivity contribution < 1.29 is 19.4 Å². The first-order valence-electron chi connectivity index (χ1n) is 6.88. The lowest BCUT2D eigenvalue weighted by Gasteiger charge is -2.31. The predicted octanol–water partition coefficient (Wildman–Crippen LogP) is 0.471. The quantitative estimate of drug-likeness (QED) is 0.822. The largest absolute Gasteiger partial charge is 0.481 e. The molecule has 0 unspecified atom stereocenters. The predicted molar refractivity (Wildman–Crippen MR) is 74.2 cm³/mol. The van der Waals surface area contributed by atoms with Crippen molar-refractivity contribution in [3.8, 4) is 0 Å². The molecule has 0 radical (unpaired) electrons. The van der Waals surface area contributed by atoms with Gasteiger partial charge in [-0.2, -0.15) is 0 Å². The van der Waals surface area contributed by atoms with Gasteiger partial charge in [0.05, 0.1) is 19.1 Å². The Bertz CT molecular complexity index is 560. The summed E-state index contributed by atoms with van der Waals surface area (Å²) in [5.74, 6) is -1.08. The molecule has 0 saturated carbocycles. The zero-order chi connectivity index (χ0) is 15.2. The van der Waals surface area contributed by atoms with Gasteiger partial charge in [0.2, 0.25) is 5.56 Å². The number of carbonyl (C=O) groups excluding carboxylic acids is 1. The van der Waals surface area contributed by atoms with Crippen molar-refractivity contribution >= 4 is 11.9 Å². The summed E-state index contributed by atoms with van der Waals surface area (Å²) in [6, 6.07) is 4.49. The molecule has 1 saturated heterocycles. The molecular formula is C14H18N2O5. The molecule has 1 fully saturated rings. The Morgan fingerprint density at radius 2 is 2.05 bits per heavy atom. The third kappa shape index (κ3) is 4.42. The first kappa shape index (κ1) is 15.2. The number of aromatic nitrogens is 1. The third-order valence-electron chi connectivity index (χ3n) is 3.40. The van der Waals surface area contributed by atoms with E-state index in [4.69, 9.17) is 9.84 Å². The summed E-state index contributed by atoms with van der Waals surface area (Å²) in [7, 11) is 0. The van der Waals surface area contributed by atoms with E-state index in [0.29, 0.717) is 25.9 Å². The number of likely N-dealkylation sites (tertiary alicyclic amines) is 1. The smallest absolute Gasteiger partial charge is 0.305 e. The van der Waals surface area contributed by atoms with Gasteiger partial charge in [-0.15, -0.1) is 0 Å². The number of nitrogens with one attached hydrogen (secondary N) is 1. The standard InChI is InChI=1S/C14H18N2O5/c17-12-3-1-2-11(15-12)14(20)16-7-4-10(5-8-16)21-9-6-13(18)19/h1-3,10H,4-9H2,(H,15,17)(H,18,19). The van der Waals surface area contributed by atoms with Crippen LogP contribution < -0.4 is 5.56 Å². The maximum atomic E-state index is 12.2. The van der Waals surface area contributed by atoms with Crippen molar-refractivity contribution in [2.24, 2.45) is 0 Å². The Morgan fingerprint density at radius 1 is 1.33 bits per heavy atom. The second kappa shape index (κ2) is 7.03. The maximum Gasteiger partial charge on any atom is 0.305 e. The molecule has 2 heterocycles. The van der Waals surface area contributed by atoms with Gasteiger partial charge in [0.25, 0.3) is 5.91 Å². The van der Waals surface area contributed by atoms with Crippen molar-refractivity contribution in [3.05, 3.63) is 34.2 Å². The molecule has 0 spiro atoms. The van der Waals surface area contributed by atoms with Gasteiger partial charge in [-0.3, -0.25) is 14.4 Å². The number of nitrogens with zero attached hydrogens (tertiary/aromatic N) is 1. The first-order chi connectivity index (χ1) is 10.1. The lowest BCUT2D eigenvalue weighted by atomic mass is 10.1. The van der Waals surface area contributed by atoms with E-state index < -0.39 is 5.97 Å². The second-order valence-electron chi connectivity index (χ2n) is 4.93. The van der Waals surface area contributed by atoms with Crippen LogP contribution in [0.2, 0.25) is 0 Å². The highest BCUT2D eigenvalue weighted by molar-refractivity contribution is 5.92. The fraction of sp³-hybridized carbons (Fsp3) is 0.500. The summed E-state index contributed by atoms with van der Waals surface area (Å²) in [6.45, 7) is 1.26. The van der Waals surface area contributed by atoms with Crippen LogP contribution in [0.4, 0.5) is 0 Å². The molecule has 2 rings (SSSR count). The fourth-order valence-electron chi connectivity index (χ4n) is 2.28. The van der Waals surface area contributed by atoms with Crippen LogP contribution in [0.3, 0.4) is 0 Å². The minimum atomic E-state index is -0.879. The highest BCUT2D eigenvalue weighted by atomic mass is 16.5. The van der Waals surface area contributed by atoms with Crippen molar-refractivity contribution in [1.29, 1.82) is 0 Å². The molecule has 1 aromatic rings. The number of piperidine rings is 1. The van der Waals surface area contributed by atoms with Crippen LogP contribution in [0.15, 0.2) is 23.0 Å². The molecule has 1 aromatic heterocycles. The molecular weight excluding hydrogens is 276 g/mol. The molecule has 114 valence electrons. The van der Waals surface area contributed by atoms with Crippen LogP contribution in [0, 0.1) is 0 Å². The topological polar surface area (TPSA) is 99.7 Å². The normalized spacial score (nSPS) is 15.9. The number of carboxylic acid groups (broad SMARTS) is 1. The van der Waals surface area contributed by atoms with Crippen LogP contribution >= 0.6 is 0 Å². The summed E-state index contributed by atoms with van der Waals surface area (Å²) in [5.41, 5.74) is -0.0134. The molecule has 0 bridgehead atoms. The molecule has 7 nitrogen and oxygen atoms in total. The molecule has 1 aliphatic rings. The Morgan fingerprint density at radius 3 is 2.67 bits per heavy atom. The van der Waals surface area contributed by atoms with E-state index in [1.54, 1.807) is 17.0 Å². The highest BCUT2D eigenvalue weighted by Crippen LogP contribution is 2.15.